The average Bonchev–Trinajstić information content (AvgIpc) is 1.81. The van der Waals surface area contributed by atoms with Crippen molar-refractivity contribution in [3.05, 3.63) is 13.8 Å². The number of hydrogen-bond acceptors (Lipinski definition) is 0. The molecule has 0 aliphatic rings. The second-order valence-electron chi connectivity index (χ2n) is 0. The van der Waals surface area contributed by atoms with E-state index in [2.05, 4.69) is 23.0 Å². The van der Waals surface area contributed by atoms with Crippen LogP contribution in [-0.2, 0) is 20.0 Å². The van der Waals surface area contributed by atoms with Crippen LogP contribution in [0.1, 0.15) is 13.8 Å². The fourth-order valence-electron chi connectivity index (χ4n) is 0. The molecule has 0 rings (SSSR count). The summed E-state index contributed by atoms with van der Waals surface area (Å²) >= 11 is 1.75. The van der Waals surface area contributed by atoms with Gasteiger partial charge in [0.1, 0.15) is 0 Å². The van der Waals surface area contributed by atoms with Crippen molar-refractivity contribution in [3.63, 3.8) is 0 Å². The molecule has 0 radical (unpaired) electrons. The third-order valence-electron chi connectivity index (χ3n) is 0. The first kappa shape index (κ1) is 15.7. The van der Waals surface area contributed by atoms with Crippen LogP contribution in [0.4, 0.5) is 0 Å². The Morgan fingerprint density at radius 2 is 1.00 bits per heavy atom. The molecule has 0 saturated carbocycles. The minimum absolute atomic E-state index is 1.75. The number of rotatable bonds is 0. The van der Waals surface area contributed by atoms with Gasteiger partial charge in [-0.3, -0.25) is 0 Å². The van der Waals surface area contributed by atoms with Crippen molar-refractivity contribution in [3.8, 4) is 0 Å². The van der Waals surface area contributed by atoms with Gasteiger partial charge in [-0.15, -0.1) is 0 Å². The fraction of sp³-hybridized carbons (Fsp3) is 0.500. The van der Waals surface area contributed by atoms with Crippen LogP contribution in [0, 0.1) is 13.8 Å². The van der Waals surface area contributed by atoms with E-state index in [4.69, 9.17) is 0 Å². The summed E-state index contributed by atoms with van der Waals surface area (Å²) in [6, 6.07) is 0. The second kappa shape index (κ2) is 144. The van der Waals surface area contributed by atoms with E-state index in [0.29, 0.717) is 0 Å². The molecule has 0 N–H and O–H groups in total. The molecule has 0 aromatic heterocycles. The summed E-state index contributed by atoms with van der Waals surface area (Å²) in [7, 11) is 4.58. The van der Waals surface area contributed by atoms with Crippen molar-refractivity contribution in [1.82, 2.24) is 0 Å². The zero-order chi connectivity index (χ0) is 6.00. The first-order chi connectivity index (χ1) is 3.00. The standard InChI is InChI=1S/2C2H5.Au.ClH/c2*1-2;;/h2*1H2,2H3;;1H/q2*-1;+1;/p-1. The van der Waals surface area contributed by atoms with Gasteiger partial charge in [-0.1, -0.05) is 0 Å². The molecule has 0 aliphatic carbocycles. The van der Waals surface area contributed by atoms with E-state index in [1.54, 1.807) is 33.8 Å². The second-order valence-corrected chi connectivity index (χ2v) is 0. The van der Waals surface area contributed by atoms with Crippen molar-refractivity contribution in [2.45, 2.75) is 13.8 Å². The van der Waals surface area contributed by atoms with Crippen LogP contribution in [0.25, 0.3) is 0 Å². The van der Waals surface area contributed by atoms with Crippen LogP contribution in [0.3, 0.4) is 0 Å². The Kier molecular flexibility index (Phi) is 377. The van der Waals surface area contributed by atoms with E-state index < -0.39 is 0 Å². The van der Waals surface area contributed by atoms with Crippen LogP contribution in [0.2, 0.25) is 0 Å². The molecular weight excluding hydrogens is 280 g/mol. The SMILES string of the molecule is [CH2-]C.[CH2-]C.[Cl][Au]. The van der Waals surface area contributed by atoms with Crippen molar-refractivity contribution >= 4 is 9.19 Å². The van der Waals surface area contributed by atoms with E-state index in [0.717, 1.165) is 0 Å². The molecular formula is C4H10AuCl-2. The minimum atomic E-state index is 1.75. The summed E-state index contributed by atoms with van der Waals surface area (Å²) in [6.45, 7) is 10.0. The fourth-order valence-corrected chi connectivity index (χ4v) is 0. The zero-order valence-electron chi connectivity index (χ0n) is 4.09. The van der Waals surface area contributed by atoms with Gasteiger partial charge in [-0.05, 0) is 0 Å². The summed E-state index contributed by atoms with van der Waals surface area (Å²) in [5.41, 5.74) is 0. The molecule has 0 spiro atoms. The Morgan fingerprint density at radius 3 is 1.00 bits per heavy atom. The molecule has 0 bridgehead atoms. The van der Waals surface area contributed by atoms with Crippen molar-refractivity contribution < 1.29 is 20.0 Å². The first-order valence-electron chi connectivity index (χ1n) is 1.53. The zero-order valence-corrected chi connectivity index (χ0v) is 7.02. The predicted molar refractivity (Wildman–Crippen MR) is 27.9 cm³/mol. The van der Waals surface area contributed by atoms with E-state index >= 15 is 0 Å². The maximum atomic E-state index is 4.58. The van der Waals surface area contributed by atoms with Crippen molar-refractivity contribution in [2.75, 3.05) is 0 Å². The van der Waals surface area contributed by atoms with Gasteiger partial charge >= 0.3 is 29.2 Å². The Morgan fingerprint density at radius 1 is 1.00 bits per heavy atom. The molecule has 46 valence electrons. The van der Waals surface area contributed by atoms with Gasteiger partial charge in [-0.25, -0.2) is 0 Å². The summed E-state index contributed by atoms with van der Waals surface area (Å²) in [4.78, 5) is 0. The maximum absolute atomic E-state index is 4.58. The number of hydrogen-bond donors (Lipinski definition) is 0. The van der Waals surface area contributed by atoms with Crippen LogP contribution in [-0.4, -0.2) is 0 Å². The molecule has 0 nitrogen and oxygen atoms in total. The summed E-state index contributed by atoms with van der Waals surface area (Å²) in [5, 5.41) is 0. The van der Waals surface area contributed by atoms with Crippen LogP contribution in [0.15, 0.2) is 0 Å². The van der Waals surface area contributed by atoms with Gasteiger partial charge < -0.3 is 13.8 Å². The quantitative estimate of drug-likeness (QED) is 0.475. The molecule has 0 amide bonds. The molecule has 6 heavy (non-hydrogen) atoms. The molecule has 0 aromatic rings. The van der Waals surface area contributed by atoms with Crippen molar-refractivity contribution in [1.29, 1.82) is 0 Å². The summed E-state index contributed by atoms with van der Waals surface area (Å²) < 4.78 is 0. The molecule has 0 heterocycles. The van der Waals surface area contributed by atoms with E-state index in [9.17, 15) is 0 Å². The van der Waals surface area contributed by atoms with E-state index in [1.165, 1.54) is 0 Å². The van der Waals surface area contributed by atoms with Crippen LogP contribution in [0.5, 0.6) is 0 Å². The summed E-state index contributed by atoms with van der Waals surface area (Å²) in [6.07, 6.45) is 0. The molecule has 0 fully saturated rings. The Balaban J connectivity index is -0.0000000225. The normalized spacial score (nSPS) is 3.17. The van der Waals surface area contributed by atoms with E-state index in [1.807, 2.05) is 0 Å². The third-order valence-corrected chi connectivity index (χ3v) is 0. The number of halogens is 1. The summed E-state index contributed by atoms with van der Waals surface area (Å²) in [5.74, 6) is 0. The Labute approximate surface area is 57.0 Å². The van der Waals surface area contributed by atoms with Crippen molar-refractivity contribution in [2.24, 2.45) is 0 Å². The molecule has 0 aromatic carbocycles. The Hall–Kier alpha value is 1.03. The molecule has 0 aliphatic heterocycles. The van der Waals surface area contributed by atoms with Gasteiger partial charge in [0.05, 0.1) is 0 Å². The van der Waals surface area contributed by atoms with Gasteiger partial charge in [0.25, 0.3) is 0 Å². The topological polar surface area (TPSA) is 0 Å². The van der Waals surface area contributed by atoms with Gasteiger partial charge in [0.2, 0.25) is 0 Å². The molecule has 0 atom stereocenters. The van der Waals surface area contributed by atoms with E-state index in [-0.39, 0.29) is 0 Å². The molecule has 2 heteroatoms. The predicted octanol–water partition coefficient (Wildman–Crippen LogP) is 2.37. The third kappa shape index (κ3) is 77.0. The van der Waals surface area contributed by atoms with Crippen LogP contribution < -0.4 is 0 Å². The van der Waals surface area contributed by atoms with Gasteiger partial charge in [-0.2, -0.15) is 13.8 Å². The average molecular weight is 291 g/mol. The monoisotopic (exact) mass is 290 g/mol. The molecule has 0 saturated heterocycles. The van der Waals surface area contributed by atoms with Gasteiger partial charge in [0.15, 0.2) is 0 Å². The Bertz CT molecular complexity index is 7.51. The van der Waals surface area contributed by atoms with Gasteiger partial charge in [0, 0.05) is 0 Å². The first-order valence-corrected chi connectivity index (χ1v) is 4.21. The molecule has 0 unspecified atom stereocenters. The van der Waals surface area contributed by atoms with Crippen LogP contribution >= 0.6 is 9.19 Å².